The van der Waals surface area contributed by atoms with E-state index < -0.39 is 39.0 Å². The summed E-state index contributed by atoms with van der Waals surface area (Å²) in [6.45, 7) is 0. The minimum absolute atomic E-state index is 0.000540. The van der Waals surface area contributed by atoms with E-state index in [0.29, 0.717) is 0 Å². The average Bonchev–Trinajstić information content (AvgIpc) is 2.22. The molecule has 0 aliphatic heterocycles. The van der Waals surface area contributed by atoms with E-state index in [1.165, 1.54) is 0 Å². The van der Waals surface area contributed by atoms with Crippen LogP contribution in [0.4, 0.5) is 39.5 Å². The highest BCUT2D eigenvalue weighted by Gasteiger charge is 2.81. The van der Waals surface area contributed by atoms with Gasteiger partial charge < -0.3 is 0 Å². The van der Waals surface area contributed by atoms with Crippen LogP contribution in [0, 0.1) is 6.07 Å². The van der Waals surface area contributed by atoms with E-state index in [2.05, 4.69) is 15.9 Å². The van der Waals surface area contributed by atoms with Crippen LogP contribution in [0.2, 0.25) is 5.02 Å². The first kappa shape index (κ1) is 18.4. The second kappa shape index (κ2) is 5.22. The first-order valence-corrected chi connectivity index (χ1v) is 5.90. The molecule has 21 heavy (non-hydrogen) atoms. The molecule has 0 saturated carbocycles. The van der Waals surface area contributed by atoms with Crippen molar-refractivity contribution in [1.82, 2.24) is 0 Å². The molecule has 0 N–H and O–H groups in total. The largest absolute Gasteiger partial charge is 0.457 e. The summed E-state index contributed by atoms with van der Waals surface area (Å²) in [5.74, 6) is -6.72. The fourth-order valence-corrected chi connectivity index (χ4v) is 2.21. The minimum atomic E-state index is -6.77. The van der Waals surface area contributed by atoms with Crippen LogP contribution in [0.15, 0.2) is 16.6 Å². The summed E-state index contributed by atoms with van der Waals surface area (Å²) in [6, 6.07) is 2.14. The van der Waals surface area contributed by atoms with E-state index in [-0.39, 0.29) is 12.1 Å². The van der Waals surface area contributed by atoms with Gasteiger partial charge >= 0.3 is 23.9 Å². The molecule has 0 aliphatic carbocycles. The van der Waals surface area contributed by atoms with Crippen LogP contribution in [0.3, 0.4) is 0 Å². The van der Waals surface area contributed by atoms with Crippen LogP contribution >= 0.6 is 27.5 Å². The zero-order valence-electron chi connectivity index (χ0n) is 9.31. The lowest BCUT2D eigenvalue weighted by atomic mass is 9.88. The third-order valence-electron chi connectivity index (χ3n) is 2.38. The Morgan fingerprint density at radius 1 is 0.857 bits per heavy atom. The molecule has 119 valence electrons. The molecule has 11 heteroatoms. The maximum absolute atomic E-state index is 14.0. The van der Waals surface area contributed by atoms with E-state index in [4.69, 9.17) is 11.6 Å². The SMILES string of the molecule is FC(F)(F)C(F)(F)C(F)(c1cc(Cl)[c]c(Br)c1)C(F)(F)F. The highest BCUT2D eigenvalue weighted by molar-refractivity contribution is 9.10. The zero-order chi connectivity index (χ0) is 16.9. The maximum atomic E-state index is 14.0. The number of alkyl halides is 9. The molecule has 1 aromatic carbocycles. The second-order valence-electron chi connectivity index (χ2n) is 3.79. The molecular weight excluding hydrogens is 406 g/mol. The third kappa shape index (κ3) is 2.96. The van der Waals surface area contributed by atoms with Crippen LogP contribution < -0.4 is 0 Å². The van der Waals surface area contributed by atoms with E-state index in [9.17, 15) is 39.5 Å². The van der Waals surface area contributed by atoms with Gasteiger partial charge in [0, 0.05) is 16.1 Å². The fraction of sp³-hybridized carbons (Fsp3) is 0.400. The van der Waals surface area contributed by atoms with Crippen molar-refractivity contribution in [2.75, 3.05) is 0 Å². The molecule has 1 rings (SSSR count). The smallest absolute Gasteiger partial charge is 0.221 e. The fourth-order valence-electron chi connectivity index (χ4n) is 1.42. The molecule has 0 spiro atoms. The molecule has 0 amide bonds. The van der Waals surface area contributed by atoms with Gasteiger partial charge in [-0.3, -0.25) is 0 Å². The molecule has 0 bridgehead atoms. The highest BCUT2D eigenvalue weighted by Crippen LogP contribution is 2.58. The van der Waals surface area contributed by atoms with Crippen molar-refractivity contribution in [2.45, 2.75) is 23.9 Å². The van der Waals surface area contributed by atoms with Crippen molar-refractivity contribution in [3.63, 3.8) is 0 Å². The topological polar surface area (TPSA) is 0 Å². The first-order valence-electron chi connectivity index (χ1n) is 4.73. The van der Waals surface area contributed by atoms with Gasteiger partial charge in [-0.1, -0.05) is 27.5 Å². The third-order valence-corrected chi connectivity index (χ3v) is 3.01. The van der Waals surface area contributed by atoms with Gasteiger partial charge in [0.05, 0.1) is 5.02 Å². The second-order valence-corrected chi connectivity index (χ2v) is 5.05. The average molecular weight is 408 g/mol. The van der Waals surface area contributed by atoms with Crippen molar-refractivity contribution >= 4 is 27.5 Å². The van der Waals surface area contributed by atoms with Crippen LogP contribution in [0.5, 0.6) is 0 Å². The Morgan fingerprint density at radius 3 is 1.67 bits per heavy atom. The normalized spacial score (nSPS) is 16.7. The molecule has 0 aliphatic rings. The molecule has 0 nitrogen and oxygen atoms in total. The van der Waals surface area contributed by atoms with Crippen molar-refractivity contribution in [2.24, 2.45) is 0 Å². The van der Waals surface area contributed by atoms with Crippen LogP contribution in [-0.2, 0) is 5.67 Å². The summed E-state index contributed by atoms with van der Waals surface area (Å²) in [7, 11) is 0. The Kier molecular flexibility index (Phi) is 4.58. The standard InChI is InChI=1S/C10H2BrClF9/c11-5-1-4(2-6(12)3-5)7(13,9(16,17)18)8(14,15)10(19,20)21/h1-2H. The van der Waals surface area contributed by atoms with E-state index in [1.54, 1.807) is 0 Å². The van der Waals surface area contributed by atoms with Gasteiger partial charge in [-0.15, -0.1) is 0 Å². The molecule has 1 atom stereocenters. The Labute approximate surface area is 125 Å². The van der Waals surface area contributed by atoms with Crippen molar-refractivity contribution in [3.05, 3.63) is 33.3 Å². The molecule has 1 aromatic rings. The molecule has 0 fully saturated rings. The van der Waals surface area contributed by atoms with E-state index in [1.807, 2.05) is 6.07 Å². The van der Waals surface area contributed by atoms with Crippen molar-refractivity contribution < 1.29 is 39.5 Å². The van der Waals surface area contributed by atoms with E-state index in [0.717, 1.165) is 0 Å². The first-order chi connectivity index (χ1) is 9.14. The lowest BCUT2D eigenvalue weighted by Crippen LogP contribution is -2.59. The minimum Gasteiger partial charge on any atom is -0.221 e. The summed E-state index contributed by atoms with van der Waals surface area (Å²) >= 11 is 7.71. The molecule has 0 saturated heterocycles. The van der Waals surface area contributed by atoms with Crippen LogP contribution in [-0.4, -0.2) is 18.3 Å². The molecule has 1 unspecified atom stereocenters. The molecule has 0 heterocycles. The van der Waals surface area contributed by atoms with Crippen molar-refractivity contribution in [1.29, 1.82) is 0 Å². The lowest BCUT2D eigenvalue weighted by molar-refractivity contribution is -0.389. The number of halogens is 11. The molecule has 1 radical (unpaired) electrons. The quantitative estimate of drug-likeness (QED) is 0.541. The van der Waals surface area contributed by atoms with Gasteiger partial charge in [0.2, 0.25) is 0 Å². The van der Waals surface area contributed by atoms with E-state index >= 15 is 0 Å². The van der Waals surface area contributed by atoms with Gasteiger partial charge in [0.1, 0.15) is 0 Å². The number of benzene rings is 1. The Hall–Kier alpha value is -0.640. The number of hydrogen-bond donors (Lipinski definition) is 0. The van der Waals surface area contributed by atoms with Gasteiger partial charge in [0.25, 0.3) is 0 Å². The van der Waals surface area contributed by atoms with Gasteiger partial charge in [-0.05, 0) is 12.1 Å². The summed E-state index contributed by atoms with van der Waals surface area (Å²) in [4.78, 5) is 0. The van der Waals surface area contributed by atoms with Gasteiger partial charge in [-0.25, -0.2) is 4.39 Å². The predicted molar refractivity (Wildman–Crippen MR) is 57.8 cm³/mol. The van der Waals surface area contributed by atoms with Crippen LogP contribution in [0.1, 0.15) is 5.56 Å². The highest BCUT2D eigenvalue weighted by atomic mass is 79.9. The van der Waals surface area contributed by atoms with Crippen LogP contribution in [0.25, 0.3) is 0 Å². The van der Waals surface area contributed by atoms with Crippen molar-refractivity contribution in [3.8, 4) is 0 Å². The molecular formula is C10H2BrClF9. The van der Waals surface area contributed by atoms with Gasteiger partial charge in [0.15, 0.2) is 0 Å². The Balaban J connectivity index is 3.71. The lowest BCUT2D eigenvalue weighted by Gasteiger charge is -2.36. The number of rotatable bonds is 2. The summed E-state index contributed by atoms with van der Waals surface area (Å²) in [5.41, 5.74) is -7.99. The predicted octanol–water partition coefficient (Wildman–Crippen LogP) is 5.83. The Bertz CT molecular complexity index is 516. The molecule has 0 aromatic heterocycles. The zero-order valence-corrected chi connectivity index (χ0v) is 11.7. The summed E-state index contributed by atoms with van der Waals surface area (Å²) in [6.07, 6.45) is -13.3. The Morgan fingerprint density at radius 2 is 1.33 bits per heavy atom. The monoisotopic (exact) mass is 407 g/mol. The summed E-state index contributed by atoms with van der Waals surface area (Å²) in [5, 5.41) is -0.774. The maximum Gasteiger partial charge on any atom is 0.457 e. The number of hydrogen-bond acceptors (Lipinski definition) is 0. The summed E-state index contributed by atoms with van der Waals surface area (Å²) < 4.78 is 114. The van der Waals surface area contributed by atoms with Gasteiger partial charge in [-0.2, -0.15) is 35.1 Å².